The second-order valence-electron chi connectivity index (χ2n) is 4.10. The lowest BCUT2D eigenvalue weighted by molar-refractivity contribution is -0.137. The number of benzene rings is 2. The Morgan fingerprint density at radius 2 is 1.57 bits per heavy atom. The Balaban J connectivity index is 2.37. The Bertz CT molecular complexity index is 636. The first-order chi connectivity index (χ1) is 9.77. The maximum atomic E-state index is 13.6. The van der Waals surface area contributed by atoms with Crippen LogP contribution in [-0.4, -0.2) is 6.61 Å². The highest BCUT2D eigenvalue weighted by Crippen LogP contribution is 2.33. The topological polar surface area (TPSA) is 9.23 Å². The van der Waals surface area contributed by atoms with Crippen molar-refractivity contribution in [2.75, 3.05) is 0 Å². The van der Waals surface area contributed by atoms with Crippen molar-refractivity contribution >= 4 is 0 Å². The Morgan fingerprint density at radius 1 is 0.905 bits per heavy atom. The third-order valence-corrected chi connectivity index (χ3v) is 2.67. The summed E-state index contributed by atoms with van der Waals surface area (Å²) >= 11 is 0. The zero-order valence-corrected chi connectivity index (χ0v) is 10.3. The predicted octanol–water partition coefficient (Wildman–Crippen LogP) is 5.11. The summed E-state index contributed by atoms with van der Waals surface area (Å²) in [6.07, 6.45) is -4.52. The first-order valence-corrected chi connectivity index (χ1v) is 5.69. The number of alkyl halides is 5. The lowest BCUT2D eigenvalue weighted by Crippen LogP contribution is -2.05. The van der Waals surface area contributed by atoms with E-state index in [-0.39, 0.29) is 11.1 Å². The summed E-state index contributed by atoms with van der Waals surface area (Å²) in [4.78, 5) is 0. The van der Waals surface area contributed by atoms with Crippen molar-refractivity contribution in [3.05, 3.63) is 53.8 Å². The SMILES string of the molecule is Fc1cc(-c2cccc(C(F)(F)F)c2)ccc1OC(F)F. The van der Waals surface area contributed by atoms with Crippen LogP contribution in [0.3, 0.4) is 0 Å². The van der Waals surface area contributed by atoms with E-state index in [0.717, 1.165) is 24.3 Å². The van der Waals surface area contributed by atoms with E-state index < -0.39 is 29.9 Å². The van der Waals surface area contributed by atoms with Crippen LogP contribution in [-0.2, 0) is 6.18 Å². The van der Waals surface area contributed by atoms with Gasteiger partial charge >= 0.3 is 12.8 Å². The molecule has 0 aliphatic carbocycles. The van der Waals surface area contributed by atoms with Crippen LogP contribution in [0.2, 0.25) is 0 Å². The molecular formula is C14H8F6O. The smallest absolute Gasteiger partial charge is 0.416 e. The van der Waals surface area contributed by atoms with E-state index in [2.05, 4.69) is 4.74 Å². The van der Waals surface area contributed by atoms with Crippen LogP contribution < -0.4 is 4.74 Å². The van der Waals surface area contributed by atoms with Gasteiger partial charge in [-0.3, -0.25) is 0 Å². The molecule has 0 aliphatic rings. The van der Waals surface area contributed by atoms with Gasteiger partial charge in [-0.1, -0.05) is 18.2 Å². The minimum absolute atomic E-state index is 0.118. The molecule has 0 fully saturated rings. The minimum Gasteiger partial charge on any atom is -0.432 e. The first-order valence-electron chi connectivity index (χ1n) is 5.69. The van der Waals surface area contributed by atoms with Gasteiger partial charge in [0.25, 0.3) is 0 Å². The Morgan fingerprint density at radius 3 is 2.14 bits per heavy atom. The van der Waals surface area contributed by atoms with E-state index in [1.54, 1.807) is 0 Å². The van der Waals surface area contributed by atoms with Crippen LogP contribution in [0.15, 0.2) is 42.5 Å². The lowest BCUT2D eigenvalue weighted by atomic mass is 10.0. The fourth-order valence-corrected chi connectivity index (χ4v) is 1.75. The van der Waals surface area contributed by atoms with Crippen LogP contribution >= 0.6 is 0 Å². The highest BCUT2D eigenvalue weighted by atomic mass is 19.4. The van der Waals surface area contributed by atoms with Gasteiger partial charge < -0.3 is 4.74 Å². The van der Waals surface area contributed by atoms with E-state index in [9.17, 15) is 26.3 Å². The third-order valence-electron chi connectivity index (χ3n) is 2.67. The summed E-state index contributed by atoms with van der Waals surface area (Å²) in [6.45, 7) is -3.18. The summed E-state index contributed by atoms with van der Waals surface area (Å²) in [7, 11) is 0. The van der Waals surface area contributed by atoms with Crippen LogP contribution in [0.5, 0.6) is 5.75 Å². The molecule has 0 amide bonds. The van der Waals surface area contributed by atoms with Gasteiger partial charge in [-0.05, 0) is 35.4 Å². The van der Waals surface area contributed by atoms with E-state index in [4.69, 9.17) is 0 Å². The second-order valence-corrected chi connectivity index (χ2v) is 4.10. The zero-order chi connectivity index (χ0) is 15.6. The Labute approximate surface area is 115 Å². The second kappa shape index (κ2) is 5.67. The molecule has 7 heteroatoms. The van der Waals surface area contributed by atoms with Gasteiger partial charge in [0, 0.05) is 0 Å². The molecular weight excluding hydrogens is 298 g/mol. The van der Waals surface area contributed by atoms with Crippen LogP contribution in [0, 0.1) is 5.82 Å². The molecule has 2 aromatic carbocycles. The third kappa shape index (κ3) is 3.68. The number of ether oxygens (including phenoxy) is 1. The standard InChI is InChI=1S/C14H8F6O/c15-11-7-9(4-5-12(11)21-13(16)17)8-2-1-3-10(6-8)14(18,19)20/h1-7,13H. The van der Waals surface area contributed by atoms with Crippen molar-refractivity contribution in [1.29, 1.82) is 0 Å². The van der Waals surface area contributed by atoms with Gasteiger partial charge in [-0.2, -0.15) is 22.0 Å². The lowest BCUT2D eigenvalue weighted by Gasteiger charge is -2.10. The average molecular weight is 306 g/mol. The van der Waals surface area contributed by atoms with E-state index in [1.807, 2.05) is 0 Å². The summed E-state index contributed by atoms with van der Waals surface area (Å²) in [5, 5.41) is 0. The zero-order valence-electron chi connectivity index (χ0n) is 10.3. The highest BCUT2D eigenvalue weighted by molar-refractivity contribution is 5.65. The van der Waals surface area contributed by atoms with E-state index >= 15 is 0 Å². The monoisotopic (exact) mass is 306 g/mol. The molecule has 0 spiro atoms. The molecule has 0 atom stereocenters. The molecule has 21 heavy (non-hydrogen) atoms. The van der Waals surface area contributed by atoms with Gasteiger partial charge in [0.2, 0.25) is 0 Å². The number of halogens is 6. The van der Waals surface area contributed by atoms with Crippen LogP contribution in [0.1, 0.15) is 5.56 Å². The Kier molecular flexibility index (Phi) is 4.11. The van der Waals surface area contributed by atoms with E-state index in [1.165, 1.54) is 18.2 Å². The molecule has 1 nitrogen and oxygen atoms in total. The molecule has 0 radical (unpaired) electrons. The Hall–Kier alpha value is -2.18. The van der Waals surface area contributed by atoms with Crippen molar-refractivity contribution in [3.63, 3.8) is 0 Å². The van der Waals surface area contributed by atoms with Gasteiger partial charge in [0.1, 0.15) is 0 Å². The quantitative estimate of drug-likeness (QED) is 0.716. The fraction of sp³-hybridized carbons (Fsp3) is 0.143. The van der Waals surface area contributed by atoms with Gasteiger partial charge in [0.15, 0.2) is 11.6 Å². The average Bonchev–Trinajstić information content (AvgIpc) is 2.40. The summed E-state index contributed by atoms with van der Waals surface area (Å²) < 4.78 is 79.2. The number of rotatable bonds is 3. The van der Waals surface area contributed by atoms with Crippen molar-refractivity contribution in [2.45, 2.75) is 12.8 Å². The molecule has 2 aromatic rings. The molecule has 0 aliphatic heterocycles. The maximum absolute atomic E-state index is 13.6. The number of hydrogen-bond acceptors (Lipinski definition) is 1. The molecule has 0 bridgehead atoms. The molecule has 112 valence electrons. The van der Waals surface area contributed by atoms with E-state index in [0.29, 0.717) is 0 Å². The van der Waals surface area contributed by atoms with Gasteiger partial charge in [-0.25, -0.2) is 4.39 Å². The molecule has 0 heterocycles. The minimum atomic E-state index is -4.52. The summed E-state index contributed by atoms with van der Waals surface area (Å²) in [5.41, 5.74) is -0.638. The van der Waals surface area contributed by atoms with Crippen molar-refractivity contribution in [2.24, 2.45) is 0 Å². The molecule has 0 N–H and O–H groups in total. The largest absolute Gasteiger partial charge is 0.432 e. The van der Waals surface area contributed by atoms with Crippen molar-refractivity contribution in [1.82, 2.24) is 0 Å². The van der Waals surface area contributed by atoms with Gasteiger partial charge in [-0.15, -0.1) is 0 Å². The van der Waals surface area contributed by atoms with Crippen molar-refractivity contribution in [3.8, 4) is 16.9 Å². The molecule has 0 aromatic heterocycles. The van der Waals surface area contributed by atoms with Gasteiger partial charge in [0.05, 0.1) is 5.56 Å². The van der Waals surface area contributed by atoms with Crippen LogP contribution in [0.4, 0.5) is 26.3 Å². The fourth-order valence-electron chi connectivity index (χ4n) is 1.75. The number of hydrogen-bond donors (Lipinski definition) is 0. The maximum Gasteiger partial charge on any atom is 0.416 e. The first kappa shape index (κ1) is 15.2. The predicted molar refractivity (Wildman–Crippen MR) is 63.5 cm³/mol. The molecule has 0 saturated heterocycles. The summed E-state index contributed by atoms with van der Waals surface area (Å²) in [5.74, 6) is -1.74. The normalized spacial score (nSPS) is 11.8. The summed E-state index contributed by atoms with van der Waals surface area (Å²) in [6, 6.07) is 7.26. The molecule has 2 rings (SSSR count). The molecule has 0 saturated carbocycles. The van der Waals surface area contributed by atoms with Crippen LogP contribution in [0.25, 0.3) is 11.1 Å². The molecule has 0 unspecified atom stereocenters. The van der Waals surface area contributed by atoms with Crippen molar-refractivity contribution < 1.29 is 31.1 Å². The highest BCUT2D eigenvalue weighted by Gasteiger charge is 2.30.